The number of aryl methyl sites for hydroxylation is 1. The van der Waals surface area contributed by atoms with Gasteiger partial charge in [-0.15, -0.1) is 0 Å². The van der Waals surface area contributed by atoms with Crippen LogP contribution in [0.1, 0.15) is 30.3 Å². The summed E-state index contributed by atoms with van der Waals surface area (Å²) in [4.78, 5) is 14.1. The molecule has 1 aromatic rings. The maximum absolute atomic E-state index is 12.6. The molecular weight excluding hydrogens is 316 g/mol. The Morgan fingerprint density at radius 3 is 2.81 bits per heavy atom. The summed E-state index contributed by atoms with van der Waals surface area (Å²) in [5.41, 5.74) is 0.338. The van der Waals surface area contributed by atoms with Crippen LogP contribution in [0.5, 0.6) is 0 Å². The van der Waals surface area contributed by atoms with Crippen molar-refractivity contribution < 1.29 is 17.9 Å². The van der Waals surface area contributed by atoms with E-state index in [4.69, 9.17) is 15.4 Å². The first kappa shape index (κ1) is 16.3. The molecular formula is C13H19ClN2O4S. The minimum absolute atomic E-state index is 0.0264. The van der Waals surface area contributed by atoms with E-state index in [2.05, 4.69) is 0 Å². The molecule has 2 rings (SSSR count). The summed E-state index contributed by atoms with van der Waals surface area (Å²) in [5.74, 6) is -0.217. The van der Waals surface area contributed by atoms with E-state index in [-0.39, 0.29) is 16.8 Å². The second kappa shape index (κ2) is 6.37. The van der Waals surface area contributed by atoms with E-state index in [9.17, 15) is 13.2 Å². The van der Waals surface area contributed by atoms with Crippen LogP contribution in [0.25, 0.3) is 0 Å². The molecule has 6 nitrogen and oxygen atoms in total. The van der Waals surface area contributed by atoms with Gasteiger partial charge in [0.15, 0.2) is 0 Å². The van der Waals surface area contributed by atoms with Crippen LogP contribution in [0.4, 0.5) is 0 Å². The van der Waals surface area contributed by atoms with E-state index < -0.39 is 9.05 Å². The van der Waals surface area contributed by atoms with Crippen molar-refractivity contribution in [2.75, 3.05) is 20.3 Å². The first-order valence-corrected chi connectivity index (χ1v) is 9.15. The van der Waals surface area contributed by atoms with Crippen LogP contribution in [-0.2, 0) is 20.3 Å². The second-order valence-corrected chi connectivity index (χ2v) is 7.69. The molecule has 1 aromatic heterocycles. The van der Waals surface area contributed by atoms with Crippen molar-refractivity contribution >= 4 is 25.6 Å². The average Bonchev–Trinajstić information content (AvgIpc) is 3.05. The van der Waals surface area contributed by atoms with E-state index >= 15 is 0 Å². The smallest absolute Gasteiger partial charge is 0.270 e. The lowest BCUT2D eigenvalue weighted by Gasteiger charge is -2.23. The predicted molar refractivity (Wildman–Crippen MR) is 79.1 cm³/mol. The lowest BCUT2D eigenvalue weighted by Crippen LogP contribution is -2.38. The number of ether oxygens (including phenoxy) is 1. The summed E-state index contributed by atoms with van der Waals surface area (Å²) in [6.07, 6.45) is 2.99. The van der Waals surface area contributed by atoms with E-state index in [1.54, 1.807) is 16.5 Å². The number of carbonyl (C=O) groups is 1. The van der Waals surface area contributed by atoms with Crippen molar-refractivity contribution in [2.24, 2.45) is 0 Å². The molecule has 0 aliphatic carbocycles. The Morgan fingerprint density at radius 2 is 2.29 bits per heavy atom. The lowest BCUT2D eigenvalue weighted by atomic mass is 10.2. The van der Waals surface area contributed by atoms with Crippen molar-refractivity contribution in [1.29, 1.82) is 0 Å². The van der Waals surface area contributed by atoms with Gasteiger partial charge in [0.05, 0.1) is 12.6 Å². The van der Waals surface area contributed by atoms with Crippen molar-refractivity contribution in [3.05, 3.63) is 18.0 Å². The number of nitrogens with zero attached hydrogens (tertiary/aromatic N) is 2. The van der Waals surface area contributed by atoms with Gasteiger partial charge < -0.3 is 14.2 Å². The molecule has 8 heteroatoms. The Labute approximate surface area is 129 Å². The first-order valence-electron chi connectivity index (χ1n) is 6.84. The fraction of sp³-hybridized carbons (Fsp3) is 0.615. The zero-order chi connectivity index (χ0) is 15.6. The normalized spacial score (nSPS) is 18.9. The molecule has 2 heterocycles. The highest BCUT2D eigenvalue weighted by molar-refractivity contribution is 8.13. The average molecular weight is 335 g/mol. The van der Waals surface area contributed by atoms with Gasteiger partial charge in [0, 0.05) is 37.1 Å². The number of rotatable bonds is 5. The number of hydrogen-bond acceptors (Lipinski definition) is 4. The van der Waals surface area contributed by atoms with Gasteiger partial charge >= 0.3 is 0 Å². The first-order chi connectivity index (χ1) is 9.84. The predicted octanol–water partition coefficient (Wildman–Crippen LogP) is 1.69. The van der Waals surface area contributed by atoms with Crippen LogP contribution >= 0.6 is 10.7 Å². The van der Waals surface area contributed by atoms with Gasteiger partial charge in [-0.25, -0.2) is 8.42 Å². The van der Waals surface area contributed by atoms with Gasteiger partial charge in [-0.05, 0) is 18.9 Å². The van der Waals surface area contributed by atoms with E-state index in [1.807, 2.05) is 6.92 Å². The molecule has 1 amide bonds. The fourth-order valence-electron chi connectivity index (χ4n) is 2.40. The van der Waals surface area contributed by atoms with Crippen LogP contribution in [0.3, 0.4) is 0 Å². The Kier molecular flexibility index (Phi) is 4.95. The Bertz CT molecular complexity index is 620. The zero-order valence-electron chi connectivity index (χ0n) is 12.1. The van der Waals surface area contributed by atoms with Crippen LogP contribution in [0.2, 0.25) is 0 Å². The molecule has 0 spiro atoms. The summed E-state index contributed by atoms with van der Waals surface area (Å²) >= 11 is 0. The summed E-state index contributed by atoms with van der Waals surface area (Å²) in [6.45, 7) is 3.66. The molecule has 0 aromatic carbocycles. The summed E-state index contributed by atoms with van der Waals surface area (Å²) < 4.78 is 29.8. The summed E-state index contributed by atoms with van der Waals surface area (Å²) in [6, 6.07) is 1.37. The minimum atomic E-state index is -3.85. The van der Waals surface area contributed by atoms with Crippen molar-refractivity contribution in [2.45, 2.75) is 37.2 Å². The standard InChI is InChI=1S/C13H19ClN2O4S/c1-3-5-16-8-11(21(14,18)19)7-12(16)13(17)15(2)10-4-6-20-9-10/h7-8,10H,3-6,9H2,1-2H3. The van der Waals surface area contributed by atoms with Crippen molar-refractivity contribution in [3.8, 4) is 0 Å². The molecule has 1 fully saturated rings. The Hall–Kier alpha value is -1.05. The van der Waals surface area contributed by atoms with Gasteiger partial charge in [-0.2, -0.15) is 0 Å². The SMILES string of the molecule is CCCn1cc(S(=O)(=O)Cl)cc1C(=O)N(C)C1CCOC1. The molecule has 1 aliphatic heterocycles. The number of likely N-dealkylation sites (N-methyl/N-ethyl adjacent to an activating group) is 1. The maximum atomic E-state index is 12.6. The van der Waals surface area contributed by atoms with Gasteiger partial charge in [-0.3, -0.25) is 4.79 Å². The Morgan fingerprint density at radius 1 is 1.57 bits per heavy atom. The second-order valence-electron chi connectivity index (χ2n) is 5.13. The number of halogens is 1. The van der Waals surface area contributed by atoms with Crippen LogP contribution < -0.4 is 0 Å². The maximum Gasteiger partial charge on any atom is 0.270 e. The van der Waals surface area contributed by atoms with Crippen LogP contribution in [0, 0.1) is 0 Å². The fourth-order valence-corrected chi connectivity index (χ4v) is 3.15. The number of hydrogen-bond donors (Lipinski definition) is 0. The zero-order valence-corrected chi connectivity index (χ0v) is 13.7. The monoisotopic (exact) mass is 334 g/mol. The van der Waals surface area contributed by atoms with Crippen LogP contribution in [0.15, 0.2) is 17.2 Å². The minimum Gasteiger partial charge on any atom is -0.379 e. The largest absolute Gasteiger partial charge is 0.379 e. The molecule has 1 atom stereocenters. The number of carbonyl (C=O) groups excluding carboxylic acids is 1. The highest BCUT2D eigenvalue weighted by Gasteiger charge is 2.28. The summed E-state index contributed by atoms with van der Waals surface area (Å²) in [7, 11) is 3.23. The van der Waals surface area contributed by atoms with Crippen molar-refractivity contribution in [3.63, 3.8) is 0 Å². The molecule has 1 aliphatic rings. The third kappa shape index (κ3) is 3.59. The molecule has 21 heavy (non-hydrogen) atoms. The molecule has 0 saturated carbocycles. The van der Waals surface area contributed by atoms with E-state index in [0.717, 1.165) is 12.8 Å². The number of aromatic nitrogens is 1. The van der Waals surface area contributed by atoms with Crippen LogP contribution in [-0.4, -0.2) is 50.1 Å². The highest BCUT2D eigenvalue weighted by atomic mass is 35.7. The van der Waals surface area contributed by atoms with Gasteiger partial charge in [0.1, 0.15) is 10.6 Å². The third-order valence-electron chi connectivity index (χ3n) is 3.61. The summed E-state index contributed by atoms with van der Waals surface area (Å²) in [5, 5.41) is 0. The number of amides is 1. The lowest BCUT2D eigenvalue weighted by molar-refractivity contribution is 0.0700. The van der Waals surface area contributed by atoms with Crippen molar-refractivity contribution in [1.82, 2.24) is 9.47 Å². The van der Waals surface area contributed by atoms with Gasteiger partial charge in [0.2, 0.25) is 0 Å². The molecule has 1 unspecified atom stereocenters. The molecule has 1 saturated heterocycles. The van der Waals surface area contributed by atoms with E-state index in [0.29, 0.717) is 25.5 Å². The molecule has 0 radical (unpaired) electrons. The highest BCUT2D eigenvalue weighted by Crippen LogP contribution is 2.21. The Balaban J connectivity index is 2.32. The molecule has 118 valence electrons. The quantitative estimate of drug-likeness (QED) is 0.768. The molecule has 0 N–H and O–H groups in total. The van der Waals surface area contributed by atoms with E-state index in [1.165, 1.54) is 12.3 Å². The van der Waals surface area contributed by atoms with Gasteiger partial charge in [-0.1, -0.05) is 6.92 Å². The third-order valence-corrected chi connectivity index (χ3v) is 4.93. The molecule has 0 bridgehead atoms. The topological polar surface area (TPSA) is 68.6 Å². The van der Waals surface area contributed by atoms with Gasteiger partial charge in [0.25, 0.3) is 15.0 Å².